The van der Waals surface area contributed by atoms with Crippen molar-refractivity contribution in [2.24, 2.45) is 0 Å². The van der Waals surface area contributed by atoms with Crippen molar-refractivity contribution in [3.8, 4) is 22.8 Å². The molecule has 31 heavy (non-hydrogen) atoms. The Morgan fingerprint density at radius 3 is 2.68 bits per heavy atom. The molecule has 0 bridgehead atoms. The van der Waals surface area contributed by atoms with Crippen molar-refractivity contribution < 1.29 is 9.53 Å². The third-order valence-corrected chi connectivity index (χ3v) is 6.36. The minimum atomic E-state index is -0.141. The van der Waals surface area contributed by atoms with Crippen LogP contribution in [0.15, 0.2) is 59.1 Å². The molecule has 0 fully saturated rings. The summed E-state index contributed by atoms with van der Waals surface area (Å²) in [6.45, 7) is 1.46. The lowest BCUT2D eigenvalue weighted by molar-refractivity contribution is -0.114. The second-order valence-electron chi connectivity index (χ2n) is 6.43. The zero-order valence-corrected chi connectivity index (χ0v) is 19.1. The SMILES string of the molecule is COc1ccc(-n2c(SCc3csc(NC(C)=O)n3)nnc2-c2ccccc2Cl)cc1. The first kappa shape index (κ1) is 21.4. The lowest BCUT2D eigenvalue weighted by Crippen LogP contribution is -2.05. The van der Waals surface area contributed by atoms with Crippen LogP contribution in [-0.4, -0.2) is 32.8 Å². The topological polar surface area (TPSA) is 81.9 Å². The summed E-state index contributed by atoms with van der Waals surface area (Å²) in [4.78, 5) is 15.7. The fourth-order valence-corrected chi connectivity index (χ4v) is 4.79. The Morgan fingerprint density at radius 2 is 1.97 bits per heavy atom. The molecular formula is C21H18ClN5O2S2. The normalized spacial score (nSPS) is 10.8. The molecule has 0 unspecified atom stereocenters. The van der Waals surface area contributed by atoms with Crippen molar-refractivity contribution >= 4 is 45.7 Å². The van der Waals surface area contributed by atoms with Gasteiger partial charge in [0.15, 0.2) is 16.1 Å². The van der Waals surface area contributed by atoms with Gasteiger partial charge in [0, 0.05) is 29.3 Å². The zero-order chi connectivity index (χ0) is 21.8. The number of amides is 1. The van der Waals surface area contributed by atoms with Gasteiger partial charge in [-0.25, -0.2) is 4.98 Å². The number of carbonyl (C=O) groups is 1. The molecule has 4 aromatic rings. The number of nitrogens with zero attached hydrogens (tertiary/aromatic N) is 4. The fourth-order valence-electron chi connectivity index (χ4n) is 2.86. The number of anilines is 1. The van der Waals surface area contributed by atoms with E-state index in [-0.39, 0.29) is 5.91 Å². The molecule has 7 nitrogen and oxygen atoms in total. The summed E-state index contributed by atoms with van der Waals surface area (Å²) >= 11 is 9.34. The van der Waals surface area contributed by atoms with Gasteiger partial charge in [-0.05, 0) is 36.4 Å². The second-order valence-corrected chi connectivity index (χ2v) is 8.64. The highest BCUT2D eigenvalue weighted by atomic mass is 35.5. The fraction of sp³-hybridized carbons (Fsp3) is 0.143. The van der Waals surface area contributed by atoms with Gasteiger partial charge in [-0.3, -0.25) is 9.36 Å². The maximum absolute atomic E-state index is 11.2. The quantitative estimate of drug-likeness (QED) is 0.368. The van der Waals surface area contributed by atoms with Crippen LogP contribution < -0.4 is 10.1 Å². The number of thiazole rings is 1. The largest absolute Gasteiger partial charge is 0.497 e. The molecule has 0 aliphatic carbocycles. The van der Waals surface area contributed by atoms with Crippen LogP contribution in [-0.2, 0) is 10.5 Å². The minimum absolute atomic E-state index is 0.141. The summed E-state index contributed by atoms with van der Waals surface area (Å²) in [7, 11) is 1.63. The molecule has 1 N–H and O–H groups in total. The van der Waals surface area contributed by atoms with E-state index in [4.69, 9.17) is 16.3 Å². The molecule has 2 aromatic carbocycles. The first-order valence-electron chi connectivity index (χ1n) is 9.24. The number of hydrogen-bond acceptors (Lipinski definition) is 7. The van der Waals surface area contributed by atoms with E-state index in [1.165, 1.54) is 30.0 Å². The van der Waals surface area contributed by atoms with Crippen LogP contribution in [0.4, 0.5) is 5.13 Å². The van der Waals surface area contributed by atoms with E-state index in [9.17, 15) is 4.79 Å². The third kappa shape index (κ3) is 4.90. The molecule has 10 heteroatoms. The summed E-state index contributed by atoms with van der Waals surface area (Å²) in [6, 6.07) is 15.2. The molecule has 1 amide bonds. The monoisotopic (exact) mass is 471 g/mol. The first-order chi connectivity index (χ1) is 15.0. The van der Waals surface area contributed by atoms with Gasteiger partial charge in [0.2, 0.25) is 5.91 Å². The predicted molar refractivity (Wildman–Crippen MR) is 124 cm³/mol. The van der Waals surface area contributed by atoms with Crippen molar-refractivity contribution in [2.75, 3.05) is 12.4 Å². The van der Waals surface area contributed by atoms with Gasteiger partial charge in [-0.2, -0.15) is 0 Å². The van der Waals surface area contributed by atoms with E-state index in [0.717, 1.165) is 22.7 Å². The smallest absolute Gasteiger partial charge is 0.223 e. The minimum Gasteiger partial charge on any atom is -0.497 e. The Hall–Kier alpha value is -2.88. The Kier molecular flexibility index (Phi) is 6.55. The Morgan fingerprint density at radius 1 is 1.19 bits per heavy atom. The highest BCUT2D eigenvalue weighted by Crippen LogP contribution is 2.33. The van der Waals surface area contributed by atoms with E-state index < -0.39 is 0 Å². The van der Waals surface area contributed by atoms with E-state index in [0.29, 0.717) is 26.9 Å². The lowest BCUT2D eigenvalue weighted by atomic mass is 10.2. The van der Waals surface area contributed by atoms with Crippen molar-refractivity contribution in [3.63, 3.8) is 0 Å². The average molecular weight is 472 g/mol. The van der Waals surface area contributed by atoms with Crippen LogP contribution >= 0.6 is 34.7 Å². The van der Waals surface area contributed by atoms with Crippen molar-refractivity contribution in [2.45, 2.75) is 17.8 Å². The van der Waals surface area contributed by atoms with Crippen molar-refractivity contribution in [1.29, 1.82) is 0 Å². The first-order valence-corrected chi connectivity index (χ1v) is 11.5. The number of nitrogens with one attached hydrogen (secondary N) is 1. The summed E-state index contributed by atoms with van der Waals surface area (Å²) < 4.78 is 7.25. The summed E-state index contributed by atoms with van der Waals surface area (Å²) in [6.07, 6.45) is 0. The summed E-state index contributed by atoms with van der Waals surface area (Å²) in [5, 5.41) is 15.3. The Labute approximate surface area is 192 Å². The van der Waals surface area contributed by atoms with Crippen LogP contribution in [0.1, 0.15) is 12.6 Å². The number of halogens is 1. The highest BCUT2D eigenvalue weighted by Gasteiger charge is 2.18. The summed E-state index contributed by atoms with van der Waals surface area (Å²) in [5.74, 6) is 1.85. The number of methoxy groups -OCH3 is 1. The molecule has 0 spiro atoms. The van der Waals surface area contributed by atoms with Crippen LogP contribution in [0.25, 0.3) is 17.1 Å². The molecule has 0 radical (unpaired) electrons. The van der Waals surface area contributed by atoms with Gasteiger partial charge in [-0.15, -0.1) is 21.5 Å². The number of hydrogen-bond donors (Lipinski definition) is 1. The number of benzene rings is 2. The number of aromatic nitrogens is 4. The van der Waals surface area contributed by atoms with Crippen LogP contribution in [0, 0.1) is 0 Å². The molecule has 0 aliphatic rings. The van der Waals surface area contributed by atoms with Crippen molar-refractivity contribution in [3.05, 3.63) is 64.6 Å². The highest BCUT2D eigenvalue weighted by molar-refractivity contribution is 7.98. The Bertz CT molecular complexity index is 1210. The number of rotatable bonds is 7. The zero-order valence-electron chi connectivity index (χ0n) is 16.7. The molecule has 0 saturated carbocycles. The van der Waals surface area contributed by atoms with Gasteiger partial charge >= 0.3 is 0 Å². The van der Waals surface area contributed by atoms with Crippen LogP contribution in [0.3, 0.4) is 0 Å². The maximum atomic E-state index is 11.2. The number of carbonyl (C=O) groups excluding carboxylic acids is 1. The van der Waals surface area contributed by atoms with Crippen LogP contribution in [0.5, 0.6) is 5.75 Å². The number of thioether (sulfide) groups is 1. The standard InChI is InChI=1S/C21H18ClN5O2S2/c1-13(28)23-20-24-14(11-30-20)12-31-21-26-25-19(17-5-3-4-6-18(17)22)27(21)15-7-9-16(29-2)10-8-15/h3-11H,12H2,1-2H3,(H,23,24,28). The average Bonchev–Trinajstić information content (AvgIpc) is 3.39. The molecule has 2 heterocycles. The molecule has 4 rings (SSSR count). The second kappa shape index (κ2) is 9.51. The lowest BCUT2D eigenvalue weighted by Gasteiger charge is -2.11. The molecule has 0 aliphatic heterocycles. The third-order valence-electron chi connectivity index (χ3n) is 4.26. The molecule has 0 saturated heterocycles. The van der Waals surface area contributed by atoms with E-state index >= 15 is 0 Å². The Balaban J connectivity index is 1.68. The van der Waals surface area contributed by atoms with Gasteiger partial charge in [0.1, 0.15) is 5.75 Å². The van der Waals surface area contributed by atoms with E-state index in [1.807, 2.05) is 58.5 Å². The van der Waals surface area contributed by atoms with Gasteiger partial charge < -0.3 is 10.1 Å². The van der Waals surface area contributed by atoms with E-state index in [1.54, 1.807) is 7.11 Å². The molecule has 2 aromatic heterocycles. The molecule has 158 valence electrons. The predicted octanol–water partition coefficient (Wildman–Crippen LogP) is 5.30. The van der Waals surface area contributed by atoms with Crippen LogP contribution in [0.2, 0.25) is 5.02 Å². The summed E-state index contributed by atoms with van der Waals surface area (Å²) in [5.41, 5.74) is 2.53. The van der Waals surface area contributed by atoms with Gasteiger partial charge in [-0.1, -0.05) is 35.5 Å². The van der Waals surface area contributed by atoms with E-state index in [2.05, 4.69) is 20.5 Å². The van der Waals surface area contributed by atoms with Gasteiger partial charge in [0.25, 0.3) is 0 Å². The molecular weight excluding hydrogens is 454 g/mol. The molecule has 0 atom stereocenters. The van der Waals surface area contributed by atoms with Crippen molar-refractivity contribution in [1.82, 2.24) is 19.7 Å². The number of ether oxygens (including phenoxy) is 1. The van der Waals surface area contributed by atoms with Gasteiger partial charge in [0.05, 0.1) is 17.8 Å². The maximum Gasteiger partial charge on any atom is 0.223 e.